The van der Waals surface area contributed by atoms with E-state index in [9.17, 15) is 0 Å². The molecule has 1 heterocycles. The SMILES string of the molecule is C=C(Br)CNCC1CCCCS1. The Morgan fingerprint density at radius 3 is 3.00 bits per heavy atom. The molecule has 0 aromatic rings. The van der Waals surface area contributed by atoms with Crippen molar-refractivity contribution >= 4 is 27.7 Å². The summed E-state index contributed by atoms with van der Waals surface area (Å²) in [6.45, 7) is 5.82. The maximum absolute atomic E-state index is 3.79. The van der Waals surface area contributed by atoms with Gasteiger partial charge in [0.2, 0.25) is 0 Å². The highest BCUT2D eigenvalue weighted by atomic mass is 79.9. The van der Waals surface area contributed by atoms with Crippen molar-refractivity contribution in [3.8, 4) is 0 Å². The molecule has 70 valence electrons. The Balaban J connectivity index is 2.01. The third kappa shape index (κ3) is 4.53. The summed E-state index contributed by atoms with van der Waals surface area (Å²) < 4.78 is 1.04. The van der Waals surface area contributed by atoms with Gasteiger partial charge in [-0.05, 0) is 18.6 Å². The lowest BCUT2D eigenvalue weighted by Gasteiger charge is -2.21. The fourth-order valence-corrected chi connectivity index (χ4v) is 2.81. The molecule has 0 bridgehead atoms. The van der Waals surface area contributed by atoms with Gasteiger partial charge in [-0.2, -0.15) is 11.8 Å². The molecular formula is C9H16BrNS. The van der Waals surface area contributed by atoms with E-state index in [1.807, 2.05) is 0 Å². The fourth-order valence-electron chi connectivity index (χ4n) is 1.34. The van der Waals surface area contributed by atoms with Crippen LogP contribution in [0.5, 0.6) is 0 Å². The zero-order valence-corrected chi connectivity index (χ0v) is 9.72. The standard InChI is InChI=1S/C9H16BrNS/c1-8(10)6-11-7-9-4-2-3-5-12-9/h9,11H,1-7H2. The second-order valence-electron chi connectivity index (χ2n) is 3.14. The minimum absolute atomic E-state index is 0.839. The Morgan fingerprint density at radius 1 is 1.58 bits per heavy atom. The van der Waals surface area contributed by atoms with Crippen LogP contribution in [0.25, 0.3) is 0 Å². The van der Waals surface area contributed by atoms with E-state index in [2.05, 4.69) is 39.6 Å². The molecule has 0 aromatic heterocycles. The fraction of sp³-hybridized carbons (Fsp3) is 0.778. The molecule has 1 atom stereocenters. The first-order valence-corrected chi connectivity index (χ1v) is 6.29. The third-order valence-electron chi connectivity index (χ3n) is 1.96. The molecule has 0 radical (unpaired) electrons. The lowest BCUT2D eigenvalue weighted by molar-refractivity contribution is 0.618. The van der Waals surface area contributed by atoms with Crippen LogP contribution in [-0.4, -0.2) is 24.1 Å². The van der Waals surface area contributed by atoms with Crippen molar-refractivity contribution in [3.63, 3.8) is 0 Å². The molecule has 0 saturated carbocycles. The van der Waals surface area contributed by atoms with Gasteiger partial charge in [-0.3, -0.25) is 0 Å². The second kappa shape index (κ2) is 6.06. The van der Waals surface area contributed by atoms with E-state index >= 15 is 0 Å². The summed E-state index contributed by atoms with van der Waals surface area (Å²) in [4.78, 5) is 0. The highest BCUT2D eigenvalue weighted by Gasteiger charge is 2.12. The minimum atomic E-state index is 0.839. The molecule has 1 aliphatic heterocycles. The maximum atomic E-state index is 3.79. The summed E-state index contributed by atoms with van der Waals surface area (Å²) >= 11 is 5.44. The van der Waals surface area contributed by atoms with Gasteiger partial charge in [-0.25, -0.2) is 0 Å². The van der Waals surface area contributed by atoms with Crippen LogP contribution in [0.1, 0.15) is 19.3 Å². The van der Waals surface area contributed by atoms with Crippen LogP contribution >= 0.6 is 27.7 Å². The van der Waals surface area contributed by atoms with Crippen LogP contribution < -0.4 is 5.32 Å². The van der Waals surface area contributed by atoms with Crippen molar-refractivity contribution in [2.45, 2.75) is 24.5 Å². The molecule has 3 heteroatoms. The zero-order valence-electron chi connectivity index (χ0n) is 7.31. The van der Waals surface area contributed by atoms with Crippen LogP contribution in [0.4, 0.5) is 0 Å². The lowest BCUT2D eigenvalue weighted by Crippen LogP contribution is -2.27. The summed E-state index contributed by atoms with van der Waals surface area (Å²) in [5.41, 5.74) is 0. The normalized spacial score (nSPS) is 23.9. The zero-order chi connectivity index (χ0) is 8.81. The van der Waals surface area contributed by atoms with Crippen LogP contribution in [0, 0.1) is 0 Å². The van der Waals surface area contributed by atoms with Gasteiger partial charge >= 0.3 is 0 Å². The van der Waals surface area contributed by atoms with Crippen molar-refractivity contribution < 1.29 is 0 Å². The molecule has 1 rings (SSSR count). The molecule has 1 unspecified atom stereocenters. The molecule has 12 heavy (non-hydrogen) atoms. The molecular weight excluding hydrogens is 234 g/mol. The summed E-state index contributed by atoms with van der Waals surface area (Å²) in [7, 11) is 0. The van der Waals surface area contributed by atoms with Gasteiger partial charge in [0.05, 0.1) is 0 Å². The minimum Gasteiger partial charge on any atom is -0.311 e. The van der Waals surface area contributed by atoms with E-state index < -0.39 is 0 Å². The number of rotatable bonds is 4. The predicted octanol–water partition coefficient (Wildman–Crippen LogP) is 2.77. The van der Waals surface area contributed by atoms with Gasteiger partial charge in [0, 0.05) is 22.8 Å². The van der Waals surface area contributed by atoms with Crippen molar-refractivity contribution in [3.05, 3.63) is 11.1 Å². The molecule has 0 spiro atoms. The Morgan fingerprint density at radius 2 is 2.42 bits per heavy atom. The molecule has 1 aliphatic rings. The molecule has 1 saturated heterocycles. The van der Waals surface area contributed by atoms with Gasteiger partial charge < -0.3 is 5.32 Å². The van der Waals surface area contributed by atoms with Crippen LogP contribution in [0.15, 0.2) is 11.1 Å². The van der Waals surface area contributed by atoms with Crippen LogP contribution in [0.3, 0.4) is 0 Å². The summed E-state index contributed by atoms with van der Waals surface area (Å²) in [6.07, 6.45) is 4.20. The van der Waals surface area contributed by atoms with Crippen LogP contribution in [0.2, 0.25) is 0 Å². The number of thioether (sulfide) groups is 1. The topological polar surface area (TPSA) is 12.0 Å². The average molecular weight is 250 g/mol. The van der Waals surface area contributed by atoms with Crippen molar-refractivity contribution in [1.82, 2.24) is 5.32 Å². The number of halogens is 1. The van der Waals surface area contributed by atoms with E-state index in [1.165, 1.54) is 25.0 Å². The van der Waals surface area contributed by atoms with E-state index in [-0.39, 0.29) is 0 Å². The maximum Gasteiger partial charge on any atom is 0.0266 e. The van der Waals surface area contributed by atoms with Crippen LogP contribution in [-0.2, 0) is 0 Å². The van der Waals surface area contributed by atoms with Gasteiger partial charge in [-0.15, -0.1) is 0 Å². The average Bonchev–Trinajstić information content (AvgIpc) is 2.05. The molecule has 1 N–H and O–H groups in total. The molecule has 1 fully saturated rings. The van der Waals surface area contributed by atoms with Crippen molar-refractivity contribution in [2.24, 2.45) is 0 Å². The summed E-state index contributed by atoms with van der Waals surface area (Å²) in [5, 5.41) is 4.23. The molecule has 0 aromatic carbocycles. The molecule has 1 nitrogen and oxygen atoms in total. The Bertz CT molecular complexity index is 143. The van der Waals surface area contributed by atoms with Gasteiger partial charge in [-0.1, -0.05) is 28.9 Å². The van der Waals surface area contributed by atoms with Gasteiger partial charge in [0.25, 0.3) is 0 Å². The third-order valence-corrected chi connectivity index (χ3v) is 3.64. The monoisotopic (exact) mass is 249 g/mol. The Kier molecular flexibility index (Phi) is 5.35. The first-order valence-electron chi connectivity index (χ1n) is 4.44. The van der Waals surface area contributed by atoms with E-state index in [0.717, 1.165) is 22.8 Å². The highest BCUT2D eigenvalue weighted by molar-refractivity contribution is 9.11. The first-order chi connectivity index (χ1) is 5.79. The van der Waals surface area contributed by atoms with E-state index in [4.69, 9.17) is 0 Å². The lowest BCUT2D eigenvalue weighted by atomic mass is 10.2. The number of hydrogen-bond donors (Lipinski definition) is 1. The quantitative estimate of drug-likeness (QED) is 0.823. The Labute approximate surface area is 87.5 Å². The number of nitrogens with one attached hydrogen (secondary N) is 1. The predicted molar refractivity (Wildman–Crippen MR) is 61.0 cm³/mol. The molecule has 0 amide bonds. The summed E-state index contributed by atoms with van der Waals surface area (Å²) in [6, 6.07) is 0. The smallest absolute Gasteiger partial charge is 0.0266 e. The molecule has 0 aliphatic carbocycles. The Hall–Kier alpha value is 0.530. The van der Waals surface area contributed by atoms with Gasteiger partial charge in [0.1, 0.15) is 0 Å². The van der Waals surface area contributed by atoms with E-state index in [0.29, 0.717) is 0 Å². The largest absolute Gasteiger partial charge is 0.311 e. The van der Waals surface area contributed by atoms with Gasteiger partial charge in [0.15, 0.2) is 0 Å². The van der Waals surface area contributed by atoms with Crippen molar-refractivity contribution in [1.29, 1.82) is 0 Å². The van der Waals surface area contributed by atoms with Crippen molar-refractivity contribution in [2.75, 3.05) is 18.8 Å². The first kappa shape index (κ1) is 10.6. The highest BCUT2D eigenvalue weighted by Crippen LogP contribution is 2.24. The second-order valence-corrected chi connectivity index (χ2v) is 5.67. The van der Waals surface area contributed by atoms with E-state index in [1.54, 1.807) is 0 Å². The number of hydrogen-bond acceptors (Lipinski definition) is 2. The summed E-state index contributed by atoms with van der Waals surface area (Å²) in [5.74, 6) is 1.35.